The van der Waals surface area contributed by atoms with Gasteiger partial charge in [0.15, 0.2) is 0 Å². The SMILES string of the molecule is CCCCCCCC/C=C\CCCCCCCCOP(=O)([O-])[O-].[Li+].[Li+]. The Morgan fingerprint density at radius 2 is 1.12 bits per heavy atom. The van der Waals surface area contributed by atoms with Gasteiger partial charge in [0.2, 0.25) is 0 Å². The van der Waals surface area contributed by atoms with Crippen LogP contribution in [0.2, 0.25) is 0 Å². The molecule has 0 heterocycles. The molecule has 0 N–H and O–H groups in total. The molecule has 0 aromatic rings. The molecule has 0 aromatic carbocycles. The molecule has 0 spiro atoms. The predicted octanol–water partition coefficient (Wildman–Crippen LogP) is -1.12. The van der Waals surface area contributed by atoms with Crippen LogP contribution in [0, 0.1) is 0 Å². The van der Waals surface area contributed by atoms with E-state index in [0.29, 0.717) is 6.42 Å². The Morgan fingerprint density at radius 3 is 1.56 bits per heavy atom. The predicted molar refractivity (Wildman–Crippen MR) is 93.0 cm³/mol. The van der Waals surface area contributed by atoms with E-state index in [9.17, 15) is 14.4 Å². The molecular weight excluding hydrogens is 325 g/mol. The summed E-state index contributed by atoms with van der Waals surface area (Å²) >= 11 is 0. The van der Waals surface area contributed by atoms with E-state index in [1.54, 1.807) is 0 Å². The van der Waals surface area contributed by atoms with E-state index in [2.05, 4.69) is 23.6 Å². The minimum absolute atomic E-state index is 0. The van der Waals surface area contributed by atoms with Crippen LogP contribution in [-0.2, 0) is 9.09 Å². The van der Waals surface area contributed by atoms with Crippen molar-refractivity contribution in [2.24, 2.45) is 0 Å². The van der Waals surface area contributed by atoms with Crippen LogP contribution in [0.4, 0.5) is 0 Å². The van der Waals surface area contributed by atoms with Crippen molar-refractivity contribution in [2.75, 3.05) is 6.61 Å². The molecule has 0 saturated carbocycles. The third-order valence-corrected chi connectivity index (χ3v) is 4.40. The van der Waals surface area contributed by atoms with Gasteiger partial charge in [-0.05, 0) is 32.1 Å². The summed E-state index contributed by atoms with van der Waals surface area (Å²) in [6.45, 7) is 2.28. The van der Waals surface area contributed by atoms with Crippen molar-refractivity contribution in [3.63, 3.8) is 0 Å². The molecule has 7 heteroatoms. The summed E-state index contributed by atoms with van der Waals surface area (Å²) in [7, 11) is -4.76. The first kappa shape index (κ1) is 30.8. The fraction of sp³-hybridized carbons (Fsp3) is 0.889. The molecule has 0 bridgehead atoms. The number of hydrogen-bond acceptors (Lipinski definition) is 4. The molecule has 25 heavy (non-hydrogen) atoms. The molecule has 138 valence electrons. The quantitative estimate of drug-likeness (QED) is 0.143. The molecule has 4 nitrogen and oxygen atoms in total. The first-order valence-electron chi connectivity index (χ1n) is 9.38. The first-order chi connectivity index (χ1) is 11.1. The average Bonchev–Trinajstić information content (AvgIpc) is 2.49. The minimum atomic E-state index is -4.76. The third-order valence-electron chi connectivity index (χ3n) is 3.91. The summed E-state index contributed by atoms with van der Waals surface area (Å²) in [4.78, 5) is 20.5. The maximum absolute atomic E-state index is 10.2. The van der Waals surface area contributed by atoms with Crippen LogP contribution < -0.4 is 47.5 Å². The van der Waals surface area contributed by atoms with Crippen LogP contribution in [0.3, 0.4) is 0 Å². The summed E-state index contributed by atoms with van der Waals surface area (Å²) < 4.78 is 14.4. The maximum Gasteiger partial charge on any atom is 1.00 e. The van der Waals surface area contributed by atoms with Crippen molar-refractivity contribution in [2.45, 2.75) is 96.8 Å². The number of allylic oxidation sites excluding steroid dienone is 2. The molecule has 0 aromatic heterocycles. The van der Waals surface area contributed by atoms with E-state index in [1.807, 2.05) is 0 Å². The van der Waals surface area contributed by atoms with Gasteiger partial charge in [-0.2, -0.15) is 0 Å². The van der Waals surface area contributed by atoms with E-state index in [4.69, 9.17) is 0 Å². The summed E-state index contributed by atoms with van der Waals surface area (Å²) in [5.74, 6) is 0. The fourth-order valence-electron chi connectivity index (χ4n) is 2.53. The van der Waals surface area contributed by atoms with Crippen LogP contribution in [0.15, 0.2) is 12.2 Å². The molecule has 0 unspecified atom stereocenters. The molecule has 0 aliphatic carbocycles. The van der Waals surface area contributed by atoms with Crippen LogP contribution in [0.1, 0.15) is 96.8 Å². The monoisotopic (exact) mass is 360 g/mol. The van der Waals surface area contributed by atoms with Gasteiger partial charge < -0.3 is 18.9 Å². The van der Waals surface area contributed by atoms with Gasteiger partial charge in [-0.3, -0.25) is 0 Å². The molecule has 0 aliphatic rings. The summed E-state index contributed by atoms with van der Waals surface area (Å²) in [6, 6.07) is 0. The summed E-state index contributed by atoms with van der Waals surface area (Å²) in [5, 5.41) is 0. The van der Waals surface area contributed by atoms with Crippen molar-refractivity contribution in [1.29, 1.82) is 0 Å². The van der Waals surface area contributed by atoms with E-state index in [-0.39, 0.29) is 44.3 Å². The van der Waals surface area contributed by atoms with Crippen LogP contribution in [0.25, 0.3) is 0 Å². The standard InChI is InChI=1S/C18H37O4P.2Li/c1-2-3-4-5-6-7-8-9-10-11-12-13-14-15-16-17-18-22-23(19,20)21;;/h9-10H,2-8,11-18H2,1H3,(H2,19,20,21);;/q;2*+1/p-2/b10-9-;;. The molecular formula is C18H35Li2O4P. The van der Waals surface area contributed by atoms with Gasteiger partial charge in [0.25, 0.3) is 0 Å². The van der Waals surface area contributed by atoms with Crippen molar-refractivity contribution in [1.82, 2.24) is 0 Å². The molecule has 0 saturated heterocycles. The van der Waals surface area contributed by atoms with Crippen LogP contribution in [0.5, 0.6) is 0 Å². The van der Waals surface area contributed by atoms with Crippen molar-refractivity contribution >= 4 is 7.82 Å². The average molecular weight is 360 g/mol. The molecule has 0 atom stereocenters. The first-order valence-corrected chi connectivity index (χ1v) is 10.8. The number of phosphoric ester groups is 1. The van der Waals surface area contributed by atoms with Gasteiger partial charge in [-0.25, -0.2) is 0 Å². The van der Waals surface area contributed by atoms with Crippen molar-refractivity contribution < 1.29 is 56.6 Å². The molecule has 0 rings (SSSR count). The number of unbranched alkanes of at least 4 members (excludes halogenated alkanes) is 12. The second-order valence-electron chi connectivity index (χ2n) is 6.22. The Balaban J connectivity index is -0.00000242. The van der Waals surface area contributed by atoms with E-state index < -0.39 is 7.82 Å². The molecule has 0 radical (unpaired) electrons. The largest absolute Gasteiger partial charge is 1.00 e. The zero-order chi connectivity index (χ0) is 17.2. The summed E-state index contributed by atoms with van der Waals surface area (Å²) in [5.41, 5.74) is 0. The minimum Gasteiger partial charge on any atom is -0.790 e. The van der Waals surface area contributed by atoms with E-state index in [1.165, 1.54) is 57.8 Å². The van der Waals surface area contributed by atoms with E-state index in [0.717, 1.165) is 25.7 Å². The Hall–Kier alpha value is 1.04. The van der Waals surface area contributed by atoms with Crippen LogP contribution >= 0.6 is 7.82 Å². The van der Waals surface area contributed by atoms with Gasteiger partial charge >= 0.3 is 37.7 Å². The zero-order valence-electron chi connectivity index (χ0n) is 16.8. The Bertz CT molecular complexity index is 322. The second kappa shape index (κ2) is 23.1. The van der Waals surface area contributed by atoms with Crippen LogP contribution in [-0.4, -0.2) is 6.61 Å². The topological polar surface area (TPSA) is 72.4 Å². The van der Waals surface area contributed by atoms with Gasteiger partial charge in [0.1, 0.15) is 0 Å². The Kier molecular flexibility index (Phi) is 28.4. The molecule has 0 fully saturated rings. The number of phosphoric acid groups is 1. The van der Waals surface area contributed by atoms with Gasteiger partial charge in [0.05, 0.1) is 14.4 Å². The van der Waals surface area contributed by atoms with Crippen molar-refractivity contribution in [3.8, 4) is 0 Å². The summed E-state index contributed by atoms with van der Waals surface area (Å²) in [6.07, 6.45) is 21.4. The smallest absolute Gasteiger partial charge is 0.790 e. The normalized spacial score (nSPS) is 11.3. The van der Waals surface area contributed by atoms with Gasteiger partial charge in [-0.1, -0.05) is 76.9 Å². The second-order valence-corrected chi connectivity index (χ2v) is 7.37. The van der Waals surface area contributed by atoms with Crippen molar-refractivity contribution in [3.05, 3.63) is 12.2 Å². The Morgan fingerprint density at radius 1 is 0.720 bits per heavy atom. The van der Waals surface area contributed by atoms with Gasteiger partial charge in [0, 0.05) is 0 Å². The van der Waals surface area contributed by atoms with Gasteiger partial charge in [-0.15, -0.1) is 0 Å². The maximum atomic E-state index is 10.2. The zero-order valence-corrected chi connectivity index (χ0v) is 17.7. The third kappa shape index (κ3) is 30.0. The van der Waals surface area contributed by atoms with E-state index >= 15 is 0 Å². The number of rotatable bonds is 17. The number of hydrogen-bond donors (Lipinski definition) is 0. The molecule has 0 amide bonds. The Labute approximate surface area is 179 Å². The molecule has 0 aliphatic heterocycles. The fourth-order valence-corrected chi connectivity index (χ4v) is 2.88.